The van der Waals surface area contributed by atoms with Crippen LogP contribution in [0.25, 0.3) is 0 Å². The summed E-state index contributed by atoms with van der Waals surface area (Å²) in [6, 6.07) is -0.0142. The second kappa shape index (κ2) is 4.01. The van der Waals surface area contributed by atoms with Crippen molar-refractivity contribution >= 4 is 6.03 Å². The van der Waals surface area contributed by atoms with Crippen LogP contribution in [-0.4, -0.2) is 24.0 Å². The van der Waals surface area contributed by atoms with Gasteiger partial charge in [0, 0.05) is 13.1 Å². The highest BCUT2D eigenvalue weighted by atomic mass is 16.2. The maximum Gasteiger partial charge on any atom is 0.321 e. The van der Waals surface area contributed by atoms with Gasteiger partial charge >= 0.3 is 6.03 Å². The summed E-state index contributed by atoms with van der Waals surface area (Å²) in [6.07, 6.45) is 4.93. The number of nitrogens with one attached hydrogen (secondary N) is 1. The van der Waals surface area contributed by atoms with Crippen molar-refractivity contribution in [2.75, 3.05) is 13.1 Å². The molecule has 0 unspecified atom stereocenters. The first-order valence-corrected chi connectivity index (χ1v) is 4.01. The van der Waals surface area contributed by atoms with Crippen LogP contribution in [0, 0.1) is 0 Å². The van der Waals surface area contributed by atoms with Crippen molar-refractivity contribution in [2.24, 2.45) is 0 Å². The van der Waals surface area contributed by atoms with Gasteiger partial charge < -0.3 is 10.2 Å². The van der Waals surface area contributed by atoms with E-state index in [1.807, 2.05) is 4.90 Å². The molecule has 1 fully saturated rings. The third-order valence-corrected chi connectivity index (χ3v) is 1.87. The molecule has 0 aliphatic carbocycles. The number of hydrogen-bond acceptors (Lipinski definition) is 1. The Morgan fingerprint density at radius 3 is 2.55 bits per heavy atom. The normalized spacial score (nSPS) is 17.6. The molecule has 0 aromatic carbocycles. The lowest BCUT2D eigenvalue weighted by molar-refractivity contribution is 0.190. The van der Waals surface area contributed by atoms with E-state index >= 15 is 0 Å². The number of amides is 2. The molecule has 1 aliphatic heterocycles. The van der Waals surface area contributed by atoms with Crippen LogP contribution < -0.4 is 5.32 Å². The highest BCUT2D eigenvalue weighted by Gasteiger charge is 2.14. The van der Waals surface area contributed by atoms with Crippen molar-refractivity contribution in [3.05, 3.63) is 12.8 Å². The van der Waals surface area contributed by atoms with Crippen molar-refractivity contribution in [1.29, 1.82) is 0 Å². The van der Waals surface area contributed by atoms with Gasteiger partial charge in [-0.15, -0.1) is 0 Å². The third-order valence-electron chi connectivity index (χ3n) is 1.87. The van der Waals surface area contributed by atoms with Crippen molar-refractivity contribution in [1.82, 2.24) is 10.2 Å². The summed E-state index contributed by atoms with van der Waals surface area (Å²) in [5.74, 6) is 0. The van der Waals surface area contributed by atoms with E-state index in [1.54, 1.807) is 0 Å². The molecule has 0 bridgehead atoms. The van der Waals surface area contributed by atoms with Gasteiger partial charge in [0.05, 0.1) is 0 Å². The number of rotatable bonds is 1. The molecule has 0 saturated carbocycles. The van der Waals surface area contributed by atoms with Crippen LogP contribution in [0.15, 0.2) is 12.8 Å². The average molecular weight is 154 g/mol. The SMILES string of the molecule is C=CNC(=O)N1CCCCC1. The first kappa shape index (κ1) is 8.11. The predicted molar refractivity (Wildman–Crippen MR) is 44.2 cm³/mol. The fourth-order valence-corrected chi connectivity index (χ4v) is 1.28. The molecule has 1 aliphatic rings. The number of nitrogens with zero attached hydrogens (tertiary/aromatic N) is 1. The summed E-state index contributed by atoms with van der Waals surface area (Å²) < 4.78 is 0. The predicted octanol–water partition coefficient (Wildman–Crippen LogP) is 1.33. The minimum absolute atomic E-state index is 0.0142. The van der Waals surface area contributed by atoms with E-state index in [1.165, 1.54) is 12.6 Å². The number of hydrogen-bond donors (Lipinski definition) is 1. The summed E-state index contributed by atoms with van der Waals surface area (Å²) in [5, 5.41) is 2.57. The van der Waals surface area contributed by atoms with Gasteiger partial charge in [0.25, 0.3) is 0 Å². The number of piperidine rings is 1. The Morgan fingerprint density at radius 2 is 2.00 bits per heavy atom. The summed E-state index contributed by atoms with van der Waals surface area (Å²) in [7, 11) is 0. The van der Waals surface area contributed by atoms with Crippen molar-refractivity contribution in [2.45, 2.75) is 19.3 Å². The minimum atomic E-state index is -0.0142. The van der Waals surface area contributed by atoms with Crippen LogP contribution >= 0.6 is 0 Å². The van der Waals surface area contributed by atoms with Crippen molar-refractivity contribution < 1.29 is 4.79 Å². The number of urea groups is 1. The molecule has 1 saturated heterocycles. The molecule has 11 heavy (non-hydrogen) atoms. The number of carbonyl (C=O) groups excluding carboxylic acids is 1. The van der Waals surface area contributed by atoms with Crippen LogP contribution in [0.5, 0.6) is 0 Å². The molecule has 0 aromatic heterocycles. The first-order chi connectivity index (χ1) is 5.34. The topological polar surface area (TPSA) is 32.3 Å². The summed E-state index contributed by atoms with van der Waals surface area (Å²) in [6.45, 7) is 5.21. The Kier molecular flexibility index (Phi) is 2.95. The van der Waals surface area contributed by atoms with Gasteiger partial charge in [0.1, 0.15) is 0 Å². The first-order valence-electron chi connectivity index (χ1n) is 4.01. The quantitative estimate of drug-likeness (QED) is 0.607. The van der Waals surface area contributed by atoms with Crippen LogP contribution in [0.3, 0.4) is 0 Å². The van der Waals surface area contributed by atoms with Crippen LogP contribution in [0.4, 0.5) is 4.79 Å². The number of carbonyl (C=O) groups is 1. The van der Waals surface area contributed by atoms with Crippen LogP contribution in [0.2, 0.25) is 0 Å². The van der Waals surface area contributed by atoms with Gasteiger partial charge in [-0.2, -0.15) is 0 Å². The Balaban J connectivity index is 2.32. The lowest BCUT2D eigenvalue weighted by atomic mass is 10.1. The molecular weight excluding hydrogens is 140 g/mol. The molecule has 1 rings (SSSR count). The van der Waals surface area contributed by atoms with Gasteiger partial charge in [-0.25, -0.2) is 4.79 Å². The molecule has 0 aromatic rings. The molecule has 3 nitrogen and oxygen atoms in total. The fraction of sp³-hybridized carbons (Fsp3) is 0.625. The maximum atomic E-state index is 11.1. The maximum absolute atomic E-state index is 11.1. The standard InChI is InChI=1S/C8H14N2O/c1-2-9-8(11)10-6-4-3-5-7-10/h2H,1,3-7H2,(H,9,11). The molecular formula is C8H14N2O. The molecule has 3 heteroatoms. The summed E-state index contributed by atoms with van der Waals surface area (Å²) in [5.41, 5.74) is 0. The zero-order valence-electron chi connectivity index (χ0n) is 6.68. The highest BCUT2D eigenvalue weighted by Crippen LogP contribution is 2.07. The van der Waals surface area contributed by atoms with E-state index in [-0.39, 0.29) is 6.03 Å². The van der Waals surface area contributed by atoms with E-state index in [2.05, 4.69) is 11.9 Å². The van der Waals surface area contributed by atoms with E-state index in [9.17, 15) is 4.79 Å². The Hall–Kier alpha value is -0.990. The van der Waals surface area contributed by atoms with E-state index in [0.717, 1.165) is 25.9 Å². The zero-order valence-corrected chi connectivity index (χ0v) is 6.68. The fourth-order valence-electron chi connectivity index (χ4n) is 1.28. The van der Waals surface area contributed by atoms with E-state index in [4.69, 9.17) is 0 Å². The lowest BCUT2D eigenvalue weighted by Gasteiger charge is -2.25. The molecule has 0 atom stereocenters. The van der Waals surface area contributed by atoms with Gasteiger partial charge in [0.15, 0.2) is 0 Å². The molecule has 0 spiro atoms. The Labute approximate surface area is 67.1 Å². The van der Waals surface area contributed by atoms with Gasteiger partial charge in [-0.05, 0) is 25.5 Å². The molecule has 62 valence electrons. The zero-order chi connectivity index (χ0) is 8.10. The van der Waals surface area contributed by atoms with Crippen LogP contribution in [0.1, 0.15) is 19.3 Å². The van der Waals surface area contributed by atoms with E-state index in [0.29, 0.717) is 0 Å². The van der Waals surface area contributed by atoms with Gasteiger partial charge in [0.2, 0.25) is 0 Å². The number of likely N-dealkylation sites (tertiary alicyclic amines) is 1. The van der Waals surface area contributed by atoms with Crippen LogP contribution in [-0.2, 0) is 0 Å². The smallest absolute Gasteiger partial charge is 0.321 e. The second-order valence-corrected chi connectivity index (χ2v) is 2.70. The molecule has 1 N–H and O–H groups in total. The Morgan fingerprint density at radius 1 is 1.36 bits per heavy atom. The molecule has 1 heterocycles. The lowest BCUT2D eigenvalue weighted by Crippen LogP contribution is -2.40. The Bertz CT molecular complexity index is 150. The summed E-state index contributed by atoms with van der Waals surface area (Å²) >= 11 is 0. The second-order valence-electron chi connectivity index (χ2n) is 2.70. The van der Waals surface area contributed by atoms with E-state index < -0.39 is 0 Å². The molecule has 2 amide bonds. The molecule has 0 radical (unpaired) electrons. The van der Waals surface area contributed by atoms with Crippen molar-refractivity contribution in [3.63, 3.8) is 0 Å². The average Bonchev–Trinajstić information content (AvgIpc) is 2.07. The minimum Gasteiger partial charge on any atom is -0.325 e. The van der Waals surface area contributed by atoms with Gasteiger partial charge in [-0.1, -0.05) is 6.58 Å². The third kappa shape index (κ3) is 2.26. The summed E-state index contributed by atoms with van der Waals surface area (Å²) in [4.78, 5) is 13.0. The monoisotopic (exact) mass is 154 g/mol. The highest BCUT2D eigenvalue weighted by molar-refractivity contribution is 5.75. The van der Waals surface area contributed by atoms with Crippen molar-refractivity contribution in [3.8, 4) is 0 Å². The largest absolute Gasteiger partial charge is 0.325 e. The van der Waals surface area contributed by atoms with Gasteiger partial charge in [-0.3, -0.25) is 0 Å².